The molecule has 0 aliphatic carbocycles. The van der Waals surface area contributed by atoms with Crippen molar-refractivity contribution in [2.45, 2.75) is 162 Å². The van der Waals surface area contributed by atoms with Crippen LogP contribution >= 0.6 is 0 Å². The maximum absolute atomic E-state index is 5.81. The van der Waals surface area contributed by atoms with Gasteiger partial charge in [-0.25, -0.2) is 0 Å². The van der Waals surface area contributed by atoms with Crippen molar-refractivity contribution < 1.29 is 4.74 Å². The predicted octanol–water partition coefficient (Wildman–Crippen LogP) is 10.5. The Labute approximate surface area is 192 Å². The lowest BCUT2D eigenvalue weighted by Gasteiger charge is -2.06. The van der Waals surface area contributed by atoms with Crippen LogP contribution in [0.5, 0.6) is 0 Å². The number of hydrogen-bond donors (Lipinski definition) is 0. The maximum Gasteiger partial charge on any atom is 0.0466 e. The average molecular weight is 424 g/mol. The molecule has 0 fully saturated rings. The van der Waals surface area contributed by atoms with Crippen LogP contribution in [0.25, 0.3) is 0 Å². The molecule has 0 aromatic heterocycles. The molecule has 0 spiro atoms. The second kappa shape index (κ2) is 27.0. The summed E-state index contributed by atoms with van der Waals surface area (Å²) in [5.74, 6) is 0.876. The minimum Gasteiger partial charge on any atom is -0.381 e. The lowest BCUT2D eigenvalue weighted by molar-refractivity contribution is 0.125. The molecule has 0 aliphatic rings. The normalized spacial score (nSPS) is 11.6. The first-order chi connectivity index (χ1) is 14.8. The molecule has 0 bridgehead atoms. The molecule has 0 atom stereocenters. The van der Waals surface area contributed by atoms with Gasteiger partial charge in [0.1, 0.15) is 0 Å². The summed E-state index contributed by atoms with van der Waals surface area (Å²) in [5, 5.41) is 0. The van der Waals surface area contributed by atoms with E-state index in [0.717, 1.165) is 25.6 Å². The average Bonchev–Trinajstić information content (AvgIpc) is 2.73. The largest absolute Gasteiger partial charge is 0.381 e. The van der Waals surface area contributed by atoms with Crippen molar-refractivity contribution in [3.63, 3.8) is 0 Å². The van der Waals surface area contributed by atoms with Crippen LogP contribution < -0.4 is 0 Å². The first-order valence-electron chi connectivity index (χ1n) is 14.1. The van der Waals surface area contributed by atoms with Crippen LogP contribution in [0.3, 0.4) is 0 Å². The monoisotopic (exact) mass is 423 g/mol. The summed E-state index contributed by atoms with van der Waals surface area (Å²) < 4.78 is 5.81. The van der Waals surface area contributed by atoms with Crippen molar-refractivity contribution in [1.29, 1.82) is 0 Å². The Kier molecular flexibility index (Phi) is 27.0. The molecule has 1 heteroatoms. The van der Waals surface area contributed by atoms with Gasteiger partial charge in [-0.1, -0.05) is 156 Å². The Hall–Kier alpha value is -0.0400. The zero-order valence-corrected chi connectivity index (χ0v) is 21.4. The van der Waals surface area contributed by atoms with Gasteiger partial charge in [-0.15, -0.1) is 0 Å². The molecule has 0 saturated carbocycles. The number of ether oxygens (including phenoxy) is 1. The van der Waals surface area contributed by atoms with Crippen molar-refractivity contribution in [2.24, 2.45) is 5.92 Å². The van der Waals surface area contributed by atoms with Gasteiger partial charge in [0, 0.05) is 13.2 Å². The first kappa shape index (κ1) is 30.0. The molecule has 0 N–H and O–H groups in total. The summed E-state index contributed by atoms with van der Waals surface area (Å²) >= 11 is 0. The highest BCUT2D eigenvalue weighted by Crippen LogP contribution is 2.14. The van der Waals surface area contributed by atoms with Crippen molar-refractivity contribution in [1.82, 2.24) is 0 Å². The van der Waals surface area contributed by atoms with Gasteiger partial charge in [-0.2, -0.15) is 0 Å². The van der Waals surface area contributed by atoms with E-state index < -0.39 is 0 Å². The third-order valence-corrected chi connectivity index (χ3v) is 6.36. The molecule has 0 unspecified atom stereocenters. The Morgan fingerprint density at radius 1 is 0.433 bits per heavy atom. The van der Waals surface area contributed by atoms with Gasteiger partial charge >= 0.3 is 0 Å². The zero-order valence-electron chi connectivity index (χ0n) is 21.4. The van der Waals surface area contributed by atoms with E-state index in [2.05, 4.69) is 20.8 Å². The minimum absolute atomic E-state index is 0.876. The third-order valence-electron chi connectivity index (χ3n) is 6.36. The number of unbranched alkanes of at least 4 members (excludes halogenated alkanes) is 20. The highest BCUT2D eigenvalue weighted by atomic mass is 16.5. The summed E-state index contributed by atoms with van der Waals surface area (Å²) in [7, 11) is 0. The van der Waals surface area contributed by atoms with E-state index in [4.69, 9.17) is 4.74 Å². The maximum atomic E-state index is 5.81. The van der Waals surface area contributed by atoms with E-state index in [1.165, 1.54) is 141 Å². The molecule has 0 aliphatic heterocycles. The highest BCUT2D eigenvalue weighted by molar-refractivity contribution is 4.51. The predicted molar refractivity (Wildman–Crippen MR) is 137 cm³/mol. The van der Waals surface area contributed by atoms with Crippen LogP contribution in [-0.4, -0.2) is 13.2 Å². The molecule has 181 valence electrons. The van der Waals surface area contributed by atoms with E-state index in [1.54, 1.807) is 0 Å². The second-order valence-electron chi connectivity index (χ2n) is 10.1. The standard InChI is InChI=1S/C29H59O/c1-4-5-6-7-8-9-10-11-12-13-14-15-16-18-21-24-27-30-28-25-22-19-17-20-23-26-29(2)3/h29H,1,4-28H2,2-3H3. The van der Waals surface area contributed by atoms with Crippen LogP contribution in [0.2, 0.25) is 0 Å². The minimum atomic E-state index is 0.876. The van der Waals surface area contributed by atoms with Gasteiger partial charge in [0.25, 0.3) is 0 Å². The first-order valence-corrected chi connectivity index (χ1v) is 14.1. The van der Waals surface area contributed by atoms with Gasteiger partial charge in [0.15, 0.2) is 0 Å². The molecular weight excluding hydrogens is 364 g/mol. The van der Waals surface area contributed by atoms with E-state index in [-0.39, 0.29) is 0 Å². The summed E-state index contributed by atoms with van der Waals surface area (Å²) in [6.07, 6.45) is 32.1. The van der Waals surface area contributed by atoms with Crippen LogP contribution in [0.1, 0.15) is 162 Å². The summed E-state index contributed by atoms with van der Waals surface area (Å²) in [4.78, 5) is 0. The molecule has 0 rings (SSSR count). The lowest BCUT2D eigenvalue weighted by Crippen LogP contribution is -1.97. The molecule has 0 saturated heterocycles. The van der Waals surface area contributed by atoms with E-state index >= 15 is 0 Å². The van der Waals surface area contributed by atoms with Gasteiger partial charge in [0.05, 0.1) is 0 Å². The molecule has 30 heavy (non-hydrogen) atoms. The number of rotatable bonds is 26. The molecule has 1 nitrogen and oxygen atoms in total. The summed E-state index contributed by atoms with van der Waals surface area (Å²) in [6.45, 7) is 10.5. The van der Waals surface area contributed by atoms with Gasteiger partial charge in [-0.05, 0) is 18.8 Å². The van der Waals surface area contributed by atoms with Crippen LogP contribution in [0.4, 0.5) is 0 Å². The van der Waals surface area contributed by atoms with Gasteiger partial charge in [-0.3, -0.25) is 0 Å². The van der Waals surface area contributed by atoms with E-state index in [9.17, 15) is 0 Å². The van der Waals surface area contributed by atoms with Crippen LogP contribution in [0, 0.1) is 12.8 Å². The number of hydrogen-bond acceptors (Lipinski definition) is 1. The molecule has 0 heterocycles. The zero-order chi connectivity index (χ0) is 22.0. The summed E-state index contributed by atoms with van der Waals surface area (Å²) in [5.41, 5.74) is 0. The molecule has 1 radical (unpaired) electrons. The SMILES string of the molecule is [CH2]CCCCCCCCCCCCCCCCCOCCCCCCCCC(C)C. The fourth-order valence-electron chi connectivity index (χ4n) is 4.24. The van der Waals surface area contributed by atoms with Crippen molar-refractivity contribution in [3.05, 3.63) is 6.92 Å². The smallest absolute Gasteiger partial charge is 0.0466 e. The molecular formula is C29H59O. The van der Waals surface area contributed by atoms with E-state index in [0.29, 0.717) is 0 Å². The Balaban J connectivity index is 2.99. The van der Waals surface area contributed by atoms with Crippen LogP contribution in [-0.2, 0) is 4.74 Å². The molecule has 0 aromatic carbocycles. The Morgan fingerprint density at radius 2 is 0.733 bits per heavy atom. The highest BCUT2D eigenvalue weighted by Gasteiger charge is 1.97. The quantitative estimate of drug-likeness (QED) is 0.126. The third kappa shape index (κ3) is 28.0. The Morgan fingerprint density at radius 3 is 1.07 bits per heavy atom. The molecule has 0 amide bonds. The molecule has 0 aromatic rings. The van der Waals surface area contributed by atoms with Crippen molar-refractivity contribution in [2.75, 3.05) is 13.2 Å². The van der Waals surface area contributed by atoms with Crippen molar-refractivity contribution >= 4 is 0 Å². The fourth-order valence-corrected chi connectivity index (χ4v) is 4.24. The van der Waals surface area contributed by atoms with Crippen LogP contribution in [0.15, 0.2) is 0 Å². The van der Waals surface area contributed by atoms with Gasteiger partial charge < -0.3 is 4.74 Å². The Bertz CT molecular complexity index is 286. The second-order valence-corrected chi connectivity index (χ2v) is 10.1. The lowest BCUT2D eigenvalue weighted by atomic mass is 10.0. The van der Waals surface area contributed by atoms with Crippen molar-refractivity contribution in [3.8, 4) is 0 Å². The van der Waals surface area contributed by atoms with Gasteiger partial charge in [0.2, 0.25) is 0 Å². The summed E-state index contributed by atoms with van der Waals surface area (Å²) in [6, 6.07) is 0. The fraction of sp³-hybridized carbons (Fsp3) is 0.966. The van der Waals surface area contributed by atoms with E-state index in [1.807, 2.05) is 0 Å². The topological polar surface area (TPSA) is 9.23 Å².